The lowest BCUT2D eigenvalue weighted by Crippen LogP contribution is -2.53. The number of likely N-dealkylation sites (tertiary alicyclic amines) is 1. The van der Waals surface area contributed by atoms with Gasteiger partial charge in [0, 0.05) is 50.1 Å². The number of carbonyl (C=O) groups is 3. The second-order valence-corrected chi connectivity index (χ2v) is 12.1. The average Bonchev–Trinajstić information content (AvgIpc) is 3.43. The number of ketones is 1. The molecular formula is C29H44N4O5. The number of ether oxygens (including phenoxy) is 2. The van der Waals surface area contributed by atoms with E-state index in [4.69, 9.17) is 9.47 Å². The van der Waals surface area contributed by atoms with Crippen LogP contribution in [0.5, 0.6) is 0 Å². The molecule has 3 aliphatic rings. The largest absolute Gasteiger partial charge is 0.374 e. The predicted octanol–water partition coefficient (Wildman–Crippen LogP) is 2.34. The average molecular weight is 529 g/mol. The predicted molar refractivity (Wildman–Crippen MR) is 146 cm³/mol. The maximum absolute atomic E-state index is 13.8. The molecule has 210 valence electrons. The summed E-state index contributed by atoms with van der Waals surface area (Å²) in [4.78, 5) is 46.1. The highest BCUT2D eigenvalue weighted by atomic mass is 16.6. The van der Waals surface area contributed by atoms with Gasteiger partial charge >= 0.3 is 0 Å². The van der Waals surface area contributed by atoms with E-state index in [9.17, 15) is 14.4 Å². The van der Waals surface area contributed by atoms with Gasteiger partial charge < -0.3 is 24.6 Å². The summed E-state index contributed by atoms with van der Waals surface area (Å²) in [6.45, 7) is 17.1. The summed E-state index contributed by atoms with van der Waals surface area (Å²) in [5, 5.41) is 2.98. The van der Waals surface area contributed by atoms with Crippen molar-refractivity contribution in [2.75, 3.05) is 50.8 Å². The van der Waals surface area contributed by atoms with Gasteiger partial charge in [-0.2, -0.15) is 0 Å². The minimum atomic E-state index is -0.763. The number of Topliss-reactive ketones (excluding diaryl/α,β-unsaturated/α-hetero) is 1. The number of fused-ring (bicyclic) bond motifs is 1. The molecule has 0 bridgehead atoms. The zero-order chi connectivity index (χ0) is 27.6. The van der Waals surface area contributed by atoms with Gasteiger partial charge in [-0.25, -0.2) is 0 Å². The number of benzene rings is 1. The van der Waals surface area contributed by atoms with E-state index < -0.39 is 18.2 Å². The number of nitrogens with one attached hydrogen (secondary N) is 1. The molecule has 1 aromatic rings. The quantitative estimate of drug-likeness (QED) is 0.554. The first-order chi connectivity index (χ1) is 18.0. The van der Waals surface area contributed by atoms with E-state index in [0.29, 0.717) is 24.6 Å². The minimum absolute atomic E-state index is 0.0160. The molecule has 1 unspecified atom stereocenters. The molecule has 9 heteroatoms. The van der Waals surface area contributed by atoms with E-state index in [1.807, 2.05) is 52.0 Å². The molecule has 3 fully saturated rings. The summed E-state index contributed by atoms with van der Waals surface area (Å²) < 4.78 is 11.5. The number of anilines is 1. The summed E-state index contributed by atoms with van der Waals surface area (Å²) in [7, 11) is 0. The van der Waals surface area contributed by atoms with Crippen LogP contribution in [0, 0.1) is 5.41 Å². The van der Waals surface area contributed by atoms with Crippen molar-refractivity contribution in [3.8, 4) is 0 Å². The summed E-state index contributed by atoms with van der Waals surface area (Å²) in [5.74, 6) is -0.671. The van der Waals surface area contributed by atoms with Crippen LogP contribution in [0.15, 0.2) is 24.3 Å². The number of hydrogen-bond donors (Lipinski definition) is 1. The summed E-state index contributed by atoms with van der Waals surface area (Å²) in [6, 6.07) is 6.73. The van der Waals surface area contributed by atoms with Crippen molar-refractivity contribution < 1.29 is 23.9 Å². The lowest BCUT2D eigenvalue weighted by Gasteiger charge is -2.38. The van der Waals surface area contributed by atoms with Crippen LogP contribution >= 0.6 is 0 Å². The third-order valence-electron chi connectivity index (χ3n) is 7.76. The van der Waals surface area contributed by atoms with Crippen molar-refractivity contribution in [3.05, 3.63) is 29.8 Å². The van der Waals surface area contributed by atoms with Gasteiger partial charge in [-0.3, -0.25) is 19.3 Å². The van der Waals surface area contributed by atoms with Crippen LogP contribution in [0.4, 0.5) is 5.69 Å². The molecule has 3 saturated heterocycles. The molecule has 1 N–H and O–H groups in total. The van der Waals surface area contributed by atoms with E-state index in [2.05, 4.69) is 29.0 Å². The van der Waals surface area contributed by atoms with E-state index in [-0.39, 0.29) is 42.3 Å². The molecule has 0 saturated carbocycles. The van der Waals surface area contributed by atoms with Crippen LogP contribution in [-0.2, 0) is 19.1 Å². The van der Waals surface area contributed by atoms with Crippen LogP contribution in [-0.4, -0.2) is 104 Å². The van der Waals surface area contributed by atoms with Gasteiger partial charge in [-0.15, -0.1) is 0 Å². The first-order valence-corrected chi connectivity index (χ1v) is 13.9. The second-order valence-electron chi connectivity index (χ2n) is 12.1. The Hall–Kier alpha value is -2.49. The molecule has 0 aromatic heterocycles. The van der Waals surface area contributed by atoms with Gasteiger partial charge in [-0.05, 0) is 56.9 Å². The lowest BCUT2D eigenvalue weighted by atomic mass is 9.87. The number of amides is 2. The zero-order valence-electron chi connectivity index (χ0n) is 23.7. The Morgan fingerprint density at radius 2 is 1.76 bits per heavy atom. The molecule has 4 atom stereocenters. The van der Waals surface area contributed by atoms with Crippen molar-refractivity contribution in [1.82, 2.24) is 15.1 Å². The Bertz CT molecular complexity index is 997. The third-order valence-corrected chi connectivity index (χ3v) is 7.76. The molecule has 0 aliphatic carbocycles. The minimum Gasteiger partial charge on any atom is -0.374 e. The Morgan fingerprint density at radius 1 is 1.11 bits per heavy atom. The molecule has 4 rings (SSSR count). The fourth-order valence-corrected chi connectivity index (χ4v) is 5.77. The second kappa shape index (κ2) is 11.7. The summed E-state index contributed by atoms with van der Waals surface area (Å²) in [5.41, 5.74) is 1.38. The van der Waals surface area contributed by atoms with E-state index in [1.54, 1.807) is 4.90 Å². The van der Waals surface area contributed by atoms with Crippen molar-refractivity contribution in [2.45, 2.75) is 78.3 Å². The van der Waals surface area contributed by atoms with Crippen LogP contribution in [0.3, 0.4) is 0 Å². The SMILES string of the molecule is CCO[C@H]1CN(C(=O)C(CC(C)(C)C)NC(=O)c2ccc(N3CCN(C(C)C)CC3)cc2)[C@@H]2C(=O)CO[C@H]12. The highest BCUT2D eigenvalue weighted by Gasteiger charge is 2.53. The highest BCUT2D eigenvalue weighted by Crippen LogP contribution is 2.31. The van der Waals surface area contributed by atoms with E-state index in [1.165, 1.54) is 0 Å². The van der Waals surface area contributed by atoms with Crippen LogP contribution in [0.25, 0.3) is 0 Å². The number of carbonyl (C=O) groups excluding carboxylic acids is 3. The lowest BCUT2D eigenvalue weighted by molar-refractivity contribution is -0.139. The maximum Gasteiger partial charge on any atom is 0.251 e. The van der Waals surface area contributed by atoms with Crippen LogP contribution in [0.2, 0.25) is 0 Å². The van der Waals surface area contributed by atoms with Crippen molar-refractivity contribution in [2.24, 2.45) is 5.41 Å². The highest BCUT2D eigenvalue weighted by molar-refractivity contribution is 5.99. The summed E-state index contributed by atoms with van der Waals surface area (Å²) >= 11 is 0. The Morgan fingerprint density at radius 3 is 2.34 bits per heavy atom. The van der Waals surface area contributed by atoms with E-state index in [0.717, 1.165) is 31.9 Å². The van der Waals surface area contributed by atoms with Crippen LogP contribution < -0.4 is 10.2 Å². The molecule has 0 radical (unpaired) electrons. The molecule has 3 heterocycles. The number of rotatable bonds is 8. The first kappa shape index (κ1) is 28.5. The van der Waals surface area contributed by atoms with Gasteiger partial charge in [-0.1, -0.05) is 20.8 Å². The molecular weight excluding hydrogens is 484 g/mol. The monoisotopic (exact) mass is 528 g/mol. The Balaban J connectivity index is 1.45. The van der Waals surface area contributed by atoms with Gasteiger partial charge in [0.05, 0.1) is 6.54 Å². The molecule has 2 amide bonds. The summed E-state index contributed by atoms with van der Waals surface area (Å²) in [6.07, 6.45) is -0.355. The smallest absolute Gasteiger partial charge is 0.251 e. The molecule has 3 aliphatic heterocycles. The maximum atomic E-state index is 13.8. The first-order valence-electron chi connectivity index (χ1n) is 13.9. The fourth-order valence-electron chi connectivity index (χ4n) is 5.77. The standard InChI is InChI=1S/C29H44N4O5/c1-7-37-24-17-33(25-23(34)18-38-26(24)25)28(36)22(16-29(4,5)6)30-27(35)20-8-10-21(11-9-20)32-14-12-31(13-15-32)19(2)3/h8-11,19,22,24-26H,7,12-18H2,1-6H3,(H,30,35)/t22?,24-,25+,26+/m0/s1. The van der Waals surface area contributed by atoms with Crippen molar-refractivity contribution in [3.63, 3.8) is 0 Å². The zero-order valence-corrected chi connectivity index (χ0v) is 23.7. The number of hydrogen-bond acceptors (Lipinski definition) is 7. The van der Waals surface area contributed by atoms with Gasteiger partial charge in [0.2, 0.25) is 5.91 Å². The normalized spacial score (nSPS) is 25.1. The topological polar surface area (TPSA) is 91.4 Å². The number of nitrogens with zero attached hydrogens (tertiary/aromatic N) is 3. The number of piperazine rings is 1. The Labute approximate surface area is 226 Å². The third kappa shape index (κ3) is 6.38. The molecule has 1 aromatic carbocycles. The fraction of sp³-hybridized carbons (Fsp3) is 0.690. The van der Waals surface area contributed by atoms with Gasteiger partial charge in [0.25, 0.3) is 5.91 Å². The molecule has 9 nitrogen and oxygen atoms in total. The Kier molecular flexibility index (Phi) is 8.79. The molecule has 0 spiro atoms. The van der Waals surface area contributed by atoms with Crippen LogP contribution in [0.1, 0.15) is 58.3 Å². The van der Waals surface area contributed by atoms with Gasteiger partial charge in [0.15, 0.2) is 5.78 Å². The molecule has 38 heavy (non-hydrogen) atoms. The van der Waals surface area contributed by atoms with E-state index >= 15 is 0 Å². The van der Waals surface area contributed by atoms with Crippen molar-refractivity contribution >= 4 is 23.3 Å². The van der Waals surface area contributed by atoms with Gasteiger partial charge in [0.1, 0.15) is 30.9 Å². The van der Waals surface area contributed by atoms with Crippen molar-refractivity contribution in [1.29, 1.82) is 0 Å².